The van der Waals surface area contributed by atoms with Crippen LogP contribution in [0, 0.1) is 17.7 Å². The van der Waals surface area contributed by atoms with Crippen molar-refractivity contribution in [1.82, 2.24) is 19.9 Å². The molecule has 240 valence electrons. The summed E-state index contributed by atoms with van der Waals surface area (Å²) in [4.78, 5) is 31.0. The molecule has 0 spiro atoms. The SMILES string of the molecule is CCC(=O)OC[C@H]1CC[C@@]2(COc3nc(N4CC5CCC(C5)C4)c4cnc(-c5cccc6cccc(Cl)c56)c(F)c4n3)CCCN12. The lowest BCUT2D eigenvalue weighted by atomic mass is 9.95. The minimum Gasteiger partial charge on any atom is -0.464 e. The molecule has 5 heterocycles. The van der Waals surface area contributed by atoms with Gasteiger partial charge in [-0.25, -0.2) is 4.39 Å². The van der Waals surface area contributed by atoms with Crippen LogP contribution >= 0.6 is 11.6 Å². The zero-order valence-corrected chi connectivity index (χ0v) is 26.9. The molecule has 3 aliphatic heterocycles. The maximum absolute atomic E-state index is 16.8. The van der Waals surface area contributed by atoms with Crippen LogP contribution in [0.4, 0.5) is 10.2 Å². The highest BCUT2D eigenvalue weighted by atomic mass is 35.5. The average molecular weight is 644 g/mol. The van der Waals surface area contributed by atoms with E-state index in [9.17, 15) is 4.79 Å². The van der Waals surface area contributed by atoms with Crippen molar-refractivity contribution in [3.63, 3.8) is 0 Å². The molecule has 1 aliphatic carbocycles. The number of carbonyl (C=O) groups is 1. The molecule has 4 fully saturated rings. The second-order valence-corrected chi connectivity index (χ2v) is 14.1. The average Bonchev–Trinajstić information content (AvgIpc) is 3.75. The van der Waals surface area contributed by atoms with Crippen molar-refractivity contribution in [1.29, 1.82) is 0 Å². The van der Waals surface area contributed by atoms with E-state index in [0.29, 0.717) is 53.3 Å². The first-order valence-corrected chi connectivity index (χ1v) is 17.1. The highest BCUT2D eigenvalue weighted by molar-refractivity contribution is 6.36. The second kappa shape index (κ2) is 11.9. The summed E-state index contributed by atoms with van der Waals surface area (Å²) >= 11 is 6.64. The van der Waals surface area contributed by atoms with Gasteiger partial charge in [-0.2, -0.15) is 9.97 Å². The Morgan fingerprint density at radius 3 is 2.70 bits per heavy atom. The van der Waals surface area contributed by atoms with Gasteiger partial charge in [0.05, 0.1) is 10.9 Å². The number of halogens is 2. The zero-order chi connectivity index (χ0) is 31.4. The number of nitrogens with zero attached hydrogens (tertiary/aromatic N) is 5. The molecular weight excluding hydrogens is 605 g/mol. The fourth-order valence-corrected chi connectivity index (χ4v) is 8.95. The molecule has 2 aromatic carbocycles. The number of hydrogen-bond donors (Lipinski definition) is 0. The van der Waals surface area contributed by atoms with E-state index in [1.165, 1.54) is 19.3 Å². The Morgan fingerprint density at radius 1 is 1.09 bits per heavy atom. The molecule has 2 aromatic heterocycles. The fourth-order valence-electron chi connectivity index (χ4n) is 8.67. The van der Waals surface area contributed by atoms with Crippen LogP contribution in [0.3, 0.4) is 0 Å². The lowest BCUT2D eigenvalue weighted by Crippen LogP contribution is -2.48. The predicted octanol–water partition coefficient (Wildman–Crippen LogP) is 7.20. The molecule has 2 unspecified atom stereocenters. The number of hydrogen-bond acceptors (Lipinski definition) is 8. The van der Waals surface area contributed by atoms with E-state index >= 15 is 4.39 Å². The van der Waals surface area contributed by atoms with Crippen LogP contribution in [-0.4, -0.2) is 70.2 Å². The number of piperidine rings is 1. The van der Waals surface area contributed by atoms with E-state index in [2.05, 4.69) is 14.8 Å². The van der Waals surface area contributed by atoms with Gasteiger partial charge in [0.25, 0.3) is 0 Å². The summed E-state index contributed by atoms with van der Waals surface area (Å²) in [5, 5.41) is 2.82. The lowest BCUT2D eigenvalue weighted by molar-refractivity contribution is -0.145. The predicted molar refractivity (Wildman–Crippen MR) is 177 cm³/mol. The van der Waals surface area contributed by atoms with Gasteiger partial charge in [0.15, 0.2) is 5.82 Å². The number of rotatable bonds is 8. The zero-order valence-electron chi connectivity index (χ0n) is 26.2. The van der Waals surface area contributed by atoms with Crippen LogP contribution in [0.15, 0.2) is 42.6 Å². The number of ether oxygens (including phenoxy) is 2. The first kappa shape index (κ1) is 29.8. The van der Waals surface area contributed by atoms with Crippen LogP contribution in [0.5, 0.6) is 6.01 Å². The van der Waals surface area contributed by atoms with Crippen LogP contribution in [0.1, 0.15) is 58.3 Å². The summed E-state index contributed by atoms with van der Waals surface area (Å²) in [6, 6.07) is 11.8. The van der Waals surface area contributed by atoms with E-state index in [1.807, 2.05) is 43.3 Å². The number of aromatic nitrogens is 3. The van der Waals surface area contributed by atoms with Gasteiger partial charge in [-0.15, -0.1) is 0 Å². The Bertz CT molecular complexity index is 1800. The minimum absolute atomic E-state index is 0.169. The molecule has 8 nitrogen and oxygen atoms in total. The summed E-state index contributed by atoms with van der Waals surface area (Å²) < 4.78 is 28.8. The normalized spacial score (nSPS) is 25.8. The number of fused-ring (bicyclic) bond motifs is 5. The number of benzene rings is 2. The van der Waals surface area contributed by atoms with E-state index in [0.717, 1.165) is 56.1 Å². The molecule has 8 rings (SSSR count). The molecule has 2 bridgehead atoms. The first-order valence-electron chi connectivity index (χ1n) is 16.8. The van der Waals surface area contributed by atoms with Gasteiger partial charge >= 0.3 is 12.0 Å². The largest absolute Gasteiger partial charge is 0.464 e. The Morgan fingerprint density at radius 2 is 1.89 bits per heavy atom. The van der Waals surface area contributed by atoms with Crippen molar-refractivity contribution in [2.24, 2.45) is 11.8 Å². The summed E-state index contributed by atoms with van der Waals surface area (Å²) in [6.45, 7) is 5.34. The lowest BCUT2D eigenvalue weighted by Gasteiger charge is -2.35. The number of esters is 1. The van der Waals surface area contributed by atoms with Crippen molar-refractivity contribution in [2.75, 3.05) is 37.7 Å². The second-order valence-electron chi connectivity index (χ2n) is 13.6. The molecule has 3 saturated heterocycles. The van der Waals surface area contributed by atoms with Crippen molar-refractivity contribution >= 4 is 45.1 Å². The van der Waals surface area contributed by atoms with E-state index in [1.54, 1.807) is 6.20 Å². The molecule has 4 aromatic rings. The Labute approximate surface area is 273 Å². The third-order valence-electron chi connectivity index (χ3n) is 10.9. The smallest absolute Gasteiger partial charge is 0.319 e. The topological polar surface area (TPSA) is 80.7 Å². The van der Waals surface area contributed by atoms with Gasteiger partial charge in [0, 0.05) is 47.7 Å². The Balaban J connectivity index is 1.17. The van der Waals surface area contributed by atoms with Gasteiger partial charge in [-0.05, 0) is 74.8 Å². The summed E-state index contributed by atoms with van der Waals surface area (Å²) in [7, 11) is 0. The molecule has 0 N–H and O–H groups in total. The van der Waals surface area contributed by atoms with Crippen LogP contribution in [0.2, 0.25) is 5.02 Å². The molecule has 4 atom stereocenters. The number of anilines is 1. The third-order valence-corrected chi connectivity index (χ3v) is 11.2. The van der Waals surface area contributed by atoms with Crippen molar-refractivity contribution in [3.05, 3.63) is 53.4 Å². The molecular formula is C36H39ClFN5O3. The molecule has 0 radical (unpaired) electrons. The van der Waals surface area contributed by atoms with Gasteiger partial charge in [0.1, 0.15) is 30.2 Å². The summed E-state index contributed by atoms with van der Waals surface area (Å²) in [6.07, 6.45) is 9.72. The summed E-state index contributed by atoms with van der Waals surface area (Å²) in [5.41, 5.74) is 0.875. The highest BCUT2D eigenvalue weighted by Gasteiger charge is 2.50. The van der Waals surface area contributed by atoms with Gasteiger partial charge in [0.2, 0.25) is 0 Å². The summed E-state index contributed by atoms with van der Waals surface area (Å²) in [5.74, 6) is 1.26. The van der Waals surface area contributed by atoms with Crippen molar-refractivity contribution in [2.45, 2.75) is 69.9 Å². The van der Waals surface area contributed by atoms with E-state index < -0.39 is 5.82 Å². The van der Waals surface area contributed by atoms with Gasteiger partial charge < -0.3 is 14.4 Å². The van der Waals surface area contributed by atoms with E-state index in [-0.39, 0.29) is 34.8 Å². The monoisotopic (exact) mass is 643 g/mol. The maximum Gasteiger partial charge on any atom is 0.319 e. The number of carbonyl (C=O) groups excluding carboxylic acids is 1. The molecule has 1 saturated carbocycles. The molecule has 0 amide bonds. The number of pyridine rings is 1. The third kappa shape index (κ3) is 5.16. The van der Waals surface area contributed by atoms with Gasteiger partial charge in [-0.1, -0.05) is 48.9 Å². The van der Waals surface area contributed by atoms with Crippen molar-refractivity contribution in [3.8, 4) is 17.3 Å². The first-order chi connectivity index (χ1) is 22.4. The van der Waals surface area contributed by atoms with Crippen molar-refractivity contribution < 1.29 is 18.7 Å². The molecule has 46 heavy (non-hydrogen) atoms. The van der Waals surface area contributed by atoms with Crippen LogP contribution in [-0.2, 0) is 9.53 Å². The Kier molecular flexibility index (Phi) is 7.72. The molecule has 4 aliphatic rings. The van der Waals surface area contributed by atoms with Crippen LogP contribution in [0.25, 0.3) is 32.9 Å². The van der Waals surface area contributed by atoms with E-state index in [4.69, 9.17) is 31.0 Å². The highest BCUT2D eigenvalue weighted by Crippen LogP contribution is 2.44. The quantitative estimate of drug-likeness (QED) is 0.187. The Hall–Kier alpha value is -3.56. The fraction of sp³-hybridized carbons (Fsp3) is 0.500. The molecule has 10 heteroatoms. The van der Waals surface area contributed by atoms with Crippen LogP contribution < -0.4 is 9.64 Å². The maximum atomic E-state index is 16.8. The standard InChI is InChI=1S/C36H39ClFN5O3/c1-2-29(44)45-20-25-12-14-36(13-5-15-43(25)36)21-46-35-40-33-27(34(41-35)42-18-22-10-11-23(16-22)19-42)17-39-32(31(33)38)26-8-3-6-24-7-4-9-28(37)30(24)26/h3-4,6-9,17,22-23,25H,2,5,10-16,18-21H2,1H3/t22?,23?,25-,36-/m1/s1. The van der Waals surface area contributed by atoms with Gasteiger partial charge in [-0.3, -0.25) is 14.7 Å². The minimum atomic E-state index is -0.502.